The van der Waals surface area contributed by atoms with Crippen molar-refractivity contribution in [3.05, 3.63) is 48.0 Å². The minimum atomic E-state index is -0.913. The van der Waals surface area contributed by atoms with E-state index in [4.69, 9.17) is 18.9 Å². The molecular formula is C28H40N2O6. The summed E-state index contributed by atoms with van der Waals surface area (Å²) >= 11 is 0. The molecule has 198 valence electrons. The molecule has 36 heavy (non-hydrogen) atoms. The lowest BCUT2D eigenvalue weighted by molar-refractivity contribution is -0.123. The van der Waals surface area contributed by atoms with Gasteiger partial charge in [-0.2, -0.15) is 0 Å². The molecule has 0 saturated heterocycles. The molecule has 0 bridgehead atoms. The second kappa shape index (κ2) is 13.4. The van der Waals surface area contributed by atoms with Crippen molar-refractivity contribution in [2.75, 3.05) is 47.1 Å². The average molecular weight is 501 g/mol. The molecule has 2 N–H and O–H groups in total. The predicted octanol–water partition coefficient (Wildman–Crippen LogP) is 3.68. The Kier molecular flexibility index (Phi) is 10.3. The molecule has 2 aromatic rings. The molecule has 1 unspecified atom stereocenters. The minimum Gasteiger partial charge on any atom is -0.497 e. The first-order valence-electron chi connectivity index (χ1n) is 12.6. The number of amides is 1. The number of fused-ring (bicyclic) bond motifs is 1. The Morgan fingerprint density at radius 1 is 1.03 bits per heavy atom. The van der Waals surface area contributed by atoms with Gasteiger partial charge in [0.15, 0.2) is 11.5 Å². The highest BCUT2D eigenvalue weighted by Gasteiger charge is 2.26. The van der Waals surface area contributed by atoms with Gasteiger partial charge in [0.05, 0.1) is 26.2 Å². The molecule has 8 heteroatoms. The van der Waals surface area contributed by atoms with Gasteiger partial charge < -0.3 is 34.3 Å². The van der Waals surface area contributed by atoms with Crippen molar-refractivity contribution in [1.82, 2.24) is 10.2 Å². The number of carbonyl (C=O) groups is 1. The van der Waals surface area contributed by atoms with Gasteiger partial charge in [-0.1, -0.05) is 26.8 Å². The third-order valence-electron chi connectivity index (χ3n) is 6.54. The molecule has 1 aliphatic heterocycles. The van der Waals surface area contributed by atoms with Crippen LogP contribution >= 0.6 is 0 Å². The van der Waals surface area contributed by atoms with Crippen LogP contribution in [-0.4, -0.2) is 69.0 Å². The molecule has 3 rings (SSSR count). The molecule has 0 fully saturated rings. The molecule has 1 amide bonds. The van der Waals surface area contributed by atoms with Gasteiger partial charge in [0.25, 0.3) is 0 Å². The van der Waals surface area contributed by atoms with Gasteiger partial charge in [0.2, 0.25) is 5.91 Å². The van der Waals surface area contributed by atoms with Crippen molar-refractivity contribution in [3.8, 4) is 23.0 Å². The lowest BCUT2D eigenvalue weighted by Crippen LogP contribution is -2.47. The van der Waals surface area contributed by atoms with Gasteiger partial charge >= 0.3 is 0 Å². The molecule has 1 aliphatic rings. The number of hydrogen-bond acceptors (Lipinski definition) is 7. The lowest BCUT2D eigenvalue weighted by atomic mass is 9.96. The number of carbonyl (C=O) groups excluding carboxylic acids is 1. The summed E-state index contributed by atoms with van der Waals surface area (Å²) in [5.74, 6) is 3.52. The van der Waals surface area contributed by atoms with E-state index in [1.807, 2.05) is 25.2 Å². The third-order valence-corrected chi connectivity index (χ3v) is 6.54. The van der Waals surface area contributed by atoms with Gasteiger partial charge in [-0.25, -0.2) is 0 Å². The van der Waals surface area contributed by atoms with Crippen molar-refractivity contribution in [2.24, 2.45) is 11.8 Å². The average Bonchev–Trinajstić information content (AvgIpc) is 2.87. The van der Waals surface area contributed by atoms with Gasteiger partial charge in [-0.15, -0.1) is 0 Å². The number of nitrogens with zero attached hydrogens (tertiary/aromatic N) is 1. The van der Waals surface area contributed by atoms with Gasteiger partial charge in [-0.3, -0.25) is 4.79 Å². The summed E-state index contributed by atoms with van der Waals surface area (Å²) in [7, 11) is 3.62. The Hall–Kier alpha value is -2.97. The zero-order valence-electron chi connectivity index (χ0n) is 22.0. The van der Waals surface area contributed by atoms with E-state index in [1.54, 1.807) is 31.4 Å². The van der Waals surface area contributed by atoms with Crippen molar-refractivity contribution >= 4 is 5.91 Å². The van der Waals surface area contributed by atoms with E-state index in [1.165, 1.54) is 0 Å². The minimum absolute atomic E-state index is 0.169. The fraction of sp³-hybridized carbons (Fsp3) is 0.536. The quantitative estimate of drug-likeness (QED) is 0.434. The number of benzene rings is 2. The fourth-order valence-corrected chi connectivity index (χ4v) is 4.03. The largest absolute Gasteiger partial charge is 0.497 e. The van der Waals surface area contributed by atoms with Crippen LogP contribution in [0.5, 0.6) is 23.0 Å². The van der Waals surface area contributed by atoms with Crippen LogP contribution in [0.3, 0.4) is 0 Å². The first-order valence-corrected chi connectivity index (χ1v) is 12.6. The number of aliphatic hydroxyl groups is 1. The van der Waals surface area contributed by atoms with E-state index in [-0.39, 0.29) is 18.9 Å². The van der Waals surface area contributed by atoms with Crippen LogP contribution in [0.1, 0.15) is 38.9 Å². The number of methoxy groups -OCH3 is 1. The Balaban J connectivity index is 1.64. The summed E-state index contributed by atoms with van der Waals surface area (Å²) in [6.45, 7) is 9.17. The number of aliphatic hydroxyl groups excluding tert-OH is 1. The smallest absolute Gasteiger partial charge is 0.223 e. The standard InChI is InChI=1S/C28H40N2O6/c1-19(2)20(3)17-30(4)18-24(28(32)21-6-11-25-26(16-21)36-15-14-35-25)29-27(31)12-13-34-23-9-7-22(33-5)8-10-23/h6-11,16,19-20,24,28,32H,12-15,17-18H2,1-5H3,(H,29,31)/t20?,24-,28-/m1/s1. The van der Waals surface area contributed by atoms with Crippen LogP contribution in [0.25, 0.3) is 0 Å². The third kappa shape index (κ3) is 8.03. The maximum atomic E-state index is 12.8. The van der Waals surface area contributed by atoms with Gasteiger partial charge in [-0.05, 0) is 60.8 Å². The SMILES string of the molecule is COc1ccc(OCCC(=O)N[C@H](CN(C)CC(C)C(C)C)[C@H](O)c2ccc3c(c2)OCCO3)cc1. The summed E-state index contributed by atoms with van der Waals surface area (Å²) in [5, 5.41) is 14.3. The number of hydrogen-bond donors (Lipinski definition) is 2. The van der Waals surface area contributed by atoms with E-state index in [2.05, 4.69) is 31.0 Å². The van der Waals surface area contributed by atoms with Crippen LogP contribution in [0, 0.1) is 11.8 Å². The Morgan fingerprint density at radius 2 is 1.69 bits per heavy atom. The number of ether oxygens (including phenoxy) is 4. The van der Waals surface area contributed by atoms with E-state index in [0.717, 1.165) is 12.3 Å². The Bertz CT molecular complexity index is 965. The van der Waals surface area contributed by atoms with E-state index < -0.39 is 12.1 Å². The Labute approximate surface area is 214 Å². The molecule has 3 atom stereocenters. The highest BCUT2D eigenvalue weighted by molar-refractivity contribution is 5.76. The van der Waals surface area contributed by atoms with Crippen molar-refractivity contribution in [3.63, 3.8) is 0 Å². The zero-order valence-corrected chi connectivity index (χ0v) is 22.0. The molecule has 2 aromatic carbocycles. The van der Waals surface area contributed by atoms with E-state index in [0.29, 0.717) is 54.4 Å². The zero-order chi connectivity index (χ0) is 26.1. The molecule has 1 heterocycles. The maximum absolute atomic E-state index is 12.8. The van der Waals surface area contributed by atoms with Gasteiger partial charge in [0.1, 0.15) is 30.8 Å². The molecule has 0 saturated carbocycles. The van der Waals surface area contributed by atoms with Crippen molar-refractivity contribution < 1.29 is 28.8 Å². The summed E-state index contributed by atoms with van der Waals surface area (Å²) in [5.41, 5.74) is 0.671. The van der Waals surface area contributed by atoms with Crippen LogP contribution < -0.4 is 24.3 Å². The molecule has 0 radical (unpaired) electrons. The predicted molar refractivity (Wildman–Crippen MR) is 139 cm³/mol. The second-order valence-corrected chi connectivity index (χ2v) is 9.74. The van der Waals surface area contributed by atoms with Crippen LogP contribution in [0.2, 0.25) is 0 Å². The summed E-state index contributed by atoms with van der Waals surface area (Å²) in [4.78, 5) is 15.0. The number of likely N-dealkylation sites (N-methyl/N-ethyl adjacent to an activating group) is 1. The topological polar surface area (TPSA) is 89.5 Å². The van der Waals surface area contributed by atoms with Crippen molar-refractivity contribution in [1.29, 1.82) is 0 Å². The number of nitrogens with one attached hydrogen (secondary N) is 1. The molecular weight excluding hydrogens is 460 g/mol. The van der Waals surface area contributed by atoms with Crippen LogP contribution in [0.4, 0.5) is 0 Å². The highest BCUT2D eigenvalue weighted by atomic mass is 16.6. The first kappa shape index (κ1) is 27.6. The van der Waals surface area contributed by atoms with Crippen LogP contribution in [0.15, 0.2) is 42.5 Å². The number of rotatable bonds is 13. The molecule has 0 aliphatic carbocycles. The molecule has 0 spiro atoms. The normalized spacial score (nSPS) is 15.3. The van der Waals surface area contributed by atoms with E-state index >= 15 is 0 Å². The molecule has 8 nitrogen and oxygen atoms in total. The lowest BCUT2D eigenvalue weighted by Gasteiger charge is -2.31. The summed E-state index contributed by atoms with van der Waals surface area (Å²) in [6.07, 6.45) is -0.744. The maximum Gasteiger partial charge on any atom is 0.223 e. The summed E-state index contributed by atoms with van der Waals surface area (Å²) < 4.78 is 22.1. The molecule has 0 aromatic heterocycles. The second-order valence-electron chi connectivity index (χ2n) is 9.74. The Morgan fingerprint density at radius 3 is 2.36 bits per heavy atom. The highest BCUT2D eigenvalue weighted by Crippen LogP contribution is 2.33. The van der Waals surface area contributed by atoms with Crippen molar-refractivity contribution in [2.45, 2.75) is 39.3 Å². The first-order chi connectivity index (χ1) is 17.3. The van der Waals surface area contributed by atoms with E-state index in [9.17, 15) is 9.90 Å². The van der Waals surface area contributed by atoms with Crippen LogP contribution in [-0.2, 0) is 4.79 Å². The fourth-order valence-electron chi connectivity index (χ4n) is 4.03. The summed E-state index contributed by atoms with van der Waals surface area (Å²) in [6, 6.07) is 12.1. The van der Waals surface area contributed by atoms with Gasteiger partial charge in [0, 0.05) is 13.1 Å². The monoisotopic (exact) mass is 500 g/mol.